The van der Waals surface area contributed by atoms with Gasteiger partial charge in [0, 0.05) is 11.1 Å². The Bertz CT molecular complexity index is 1330. The second-order valence-electron chi connectivity index (χ2n) is 9.36. The molecule has 0 aliphatic rings. The molecule has 0 saturated heterocycles. The van der Waals surface area contributed by atoms with Crippen LogP contribution in [0.2, 0.25) is 0 Å². The first-order chi connectivity index (χ1) is 19.8. The molecule has 0 atom stereocenters. The molecule has 0 aromatic heterocycles. The molecule has 0 bridgehead atoms. The minimum Gasteiger partial charge on any atom is -0.494 e. The van der Waals surface area contributed by atoms with Crippen LogP contribution in [-0.4, -0.2) is 31.1 Å². The largest absolute Gasteiger partial charge is 0.494 e. The summed E-state index contributed by atoms with van der Waals surface area (Å²) in [5.41, 5.74) is 1.20. The van der Waals surface area contributed by atoms with E-state index in [2.05, 4.69) is 20.4 Å². The normalized spacial score (nSPS) is 10.4. The van der Waals surface area contributed by atoms with Crippen molar-refractivity contribution in [3.8, 4) is 23.0 Å². The number of carbonyl (C=O) groups excluding carboxylic acids is 3. The number of unbranched alkanes of at least 4 members (excludes halogenated alkanes) is 2. The Balaban J connectivity index is 1.73. The minimum absolute atomic E-state index is 0.154. The van der Waals surface area contributed by atoms with Crippen LogP contribution < -0.4 is 18.9 Å². The van der Waals surface area contributed by atoms with Crippen molar-refractivity contribution in [3.63, 3.8) is 0 Å². The van der Waals surface area contributed by atoms with Crippen LogP contribution >= 0.6 is 0 Å². The van der Waals surface area contributed by atoms with Gasteiger partial charge in [0.05, 0.1) is 24.3 Å². The molecule has 3 aromatic carbocycles. The van der Waals surface area contributed by atoms with Crippen LogP contribution in [0.15, 0.2) is 78.9 Å². The zero-order valence-corrected chi connectivity index (χ0v) is 23.8. The molecule has 8 nitrogen and oxygen atoms in total. The number of ether oxygens (including phenoxy) is 5. The van der Waals surface area contributed by atoms with E-state index in [9.17, 15) is 14.4 Å². The highest BCUT2D eigenvalue weighted by atomic mass is 16.6. The predicted molar refractivity (Wildman–Crippen MR) is 155 cm³/mol. The van der Waals surface area contributed by atoms with E-state index in [0.717, 1.165) is 25.7 Å². The first-order valence-corrected chi connectivity index (χ1v) is 13.7. The highest BCUT2D eigenvalue weighted by Crippen LogP contribution is 2.27. The van der Waals surface area contributed by atoms with Crippen molar-refractivity contribution in [2.75, 3.05) is 13.2 Å². The maximum Gasteiger partial charge on any atom is 0.343 e. The van der Waals surface area contributed by atoms with Crippen molar-refractivity contribution in [2.45, 2.75) is 53.1 Å². The molecule has 0 fully saturated rings. The average molecular weight is 561 g/mol. The van der Waals surface area contributed by atoms with Gasteiger partial charge in [-0.3, -0.25) is 0 Å². The summed E-state index contributed by atoms with van der Waals surface area (Å²) < 4.78 is 27.7. The predicted octanol–water partition coefficient (Wildman–Crippen LogP) is 7.10. The Labute approximate surface area is 240 Å². The van der Waals surface area contributed by atoms with Gasteiger partial charge in [-0.2, -0.15) is 0 Å². The van der Waals surface area contributed by atoms with Crippen LogP contribution in [0.5, 0.6) is 23.0 Å². The number of esters is 3. The van der Waals surface area contributed by atoms with E-state index in [1.807, 2.05) is 0 Å². The van der Waals surface area contributed by atoms with Crippen molar-refractivity contribution < 1.29 is 38.1 Å². The zero-order valence-electron chi connectivity index (χ0n) is 23.8. The highest BCUT2D eigenvalue weighted by molar-refractivity contribution is 5.92. The monoisotopic (exact) mass is 560 g/mol. The molecule has 0 spiro atoms. The van der Waals surface area contributed by atoms with E-state index in [1.54, 1.807) is 48.5 Å². The summed E-state index contributed by atoms with van der Waals surface area (Å²) in [5, 5.41) is 0. The van der Waals surface area contributed by atoms with Gasteiger partial charge in [-0.1, -0.05) is 33.3 Å². The SMILES string of the molecule is C=C(C)C(=O)OCc1cc(OC(=O)c2ccc(OCCCC)cc2)ccc1OC(=O)c1ccc(OCCCC)cc1. The number of benzene rings is 3. The van der Waals surface area contributed by atoms with E-state index in [1.165, 1.54) is 25.1 Å². The van der Waals surface area contributed by atoms with E-state index in [4.69, 9.17) is 23.7 Å². The molecular weight excluding hydrogens is 524 g/mol. The van der Waals surface area contributed by atoms with Gasteiger partial charge in [0.25, 0.3) is 0 Å². The molecule has 41 heavy (non-hydrogen) atoms. The molecule has 0 saturated carbocycles. The molecule has 0 N–H and O–H groups in total. The van der Waals surface area contributed by atoms with Crippen molar-refractivity contribution in [1.29, 1.82) is 0 Å². The fourth-order valence-corrected chi connectivity index (χ4v) is 3.47. The van der Waals surface area contributed by atoms with Crippen molar-refractivity contribution in [2.24, 2.45) is 0 Å². The van der Waals surface area contributed by atoms with Crippen LogP contribution in [0.4, 0.5) is 0 Å². The smallest absolute Gasteiger partial charge is 0.343 e. The van der Waals surface area contributed by atoms with Gasteiger partial charge in [-0.05, 0) is 86.5 Å². The third kappa shape index (κ3) is 9.83. The van der Waals surface area contributed by atoms with Crippen molar-refractivity contribution >= 4 is 17.9 Å². The molecule has 0 unspecified atom stereocenters. The Morgan fingerprint density at radius 1 is 0.683 bits per heavy atom. The molecule has 0 aliphatic heterocycles. The quantitative estimate of drug-likeness (QED) is 0.0840. The molecule has 216 valence electrons. The Kier molecular flexibility index (Phi) is 12.0. The van der Waals surface area contributed by atoms with Crippen molar-refractivity contribution in [1.82, 2.24) is 0 Å². The minimum atomic E-state index is -0.608. The lowest BCUT2D eigenvalue weighted by molar-refractivity contribution is -0.140. The lowest BCUT2D eigenvalue weighted by atomic mass is 10.2. The molecule has 0 radical (unpaired) electrons. The topological polar surface area (TPSA) is 97.4 Å². The molecule has 8 heteroatoms. The number of carbonyl (C=O) groups is 3. The maximum atomic E-state index is 12.9. The summed E-state index contributed by atoms with van der Waals surface area (Å²) in [5.74, 6) is -0.128. The summed E-state index contributed by atoms with van der Waals surface area (Å²) in [6.07, 6.45) is 3.93. The number of hydrogen-bond donors (Lipinski definition) is 0. The van der Waals surface area contributed by atoms with Gasteiger partial charge in [0.2, 0.25) is 0 Å². The summed E-state index contributed by atoms with van der Waals surface area (Å²) in [7, 11) is 0. The Morgan fingerprint density at radius 2 is 1.17 bits per heavy atom. The van der Waals surface area contributed by atoms with Gasteiger partial charge in [0.15, 0.2) is 0 Å². The van der Waals surface area contributed by atoms with E-state index < -0.39 is 17.9 Å². The van der Waals surface area contributed by atoms with Crippen LogP contribution in [0.3, 0.4) is 0 Å². The number of rotatable bonds is 15. The number of hydrogen-bond acceptors (Lipinski definition) is 8. The van der Waals surface area contributed by atoms with E-state index >= 15 is 0 Å². The lowest BCUT2D eigenvalue weighted by Gasteiger charge is -2.13. The van der Waals surface area contributed by atoms with Crippen LogP contribution in [0.25, 0.3) is 0 Å². The summed E-state index contributed by atoms with van der Waals surface area (Å²) in [4.78, 5) is 37.6. The molecular formula is C33H36O8. The second kappa shape index (κ2) is 15.9. The average Bonchev–Trinajstić information content (AvgIpc) is 2.97. The Morgan fingerprint density at radius 3 is 1.66 bits per heavy atom. The summed E-state index contributed by atoms with van der Waals surface area (Å²) in [6.45, 7) is 10.2. The lowest BCUT2D eigenvalue weighted by Crippen LogP contribution is -2.13. The molecule has 3 rings (SSSR count). The van der Waals surface area contributed by atoms with Gasteiger partial charge in [0.1, 0.15) is 29.6 Å². The van der Waals surface area contributed by atoms with Crippen LogP contribution in [0, 0.1) is 0 Å². The Hall–Kier alpha value is -4.59. The second-order valence-corrected chi connectivity index (χ2v) is 9.36. The fraction of sp³-hybridized carbons (Fsp3) is 0.303. The van der Waals surface area contributed by atoms with Gasteiger partial charge >= 0.3 is 17.9 Å². The molecule has 0 amide bonds. The zero-order chi connectivity index (χ0) is 29.6. The molecule has 3 aromatic rings. The van der Waals surface area contributed by atoms with Crippen LogP contribution in [-0.2, 0) is 16.1 Å². The standard InChI is InChI=1S/C33H36O8/c1-5-7-19-37-27-13-9-24(10-14-27)32(35)40-29-17-18-30(26(21-29)22-39-31(34)23(3)4)41-33(36)25-11-15-28(16-12-25)38-20-8-6-2/h9-18,21H,3,5-8,19-20,22H2,1-2,4H3. The fourth-order valence-electron chi connectivity index (χ4n) is 3.47. The van der Waals surface area contributed by atoms with E-state index in [0.29, 0.717) is 41.4 Å². The van der Waals surface area contributed by atoms with Gasteiger partial charge in [-0.25, -0.2) is 14.4 Å². The van der Waals surface area contributed by atoms with Crippen molar-refractivity contribution in [3.05, 3.63) is 95.6 Å². The summed E-state index contributed by atoms with van der Waals surface area (Å²) in [6, 6.07) is 17.8. The molecule has 0 heterocycles. The highest BCUT2D eigenvalue weighted by Gasteiger charge is 2.17. The third-order valence-corrected chi connectivity index (χ3v) is 5.87. The van der Waals surface area contributed by atoms with Gasteiger partial charge < -0.3 is 23.7 Å². The van der Waals surface area contributed by atoms with E-state index in [-0.39, 0.29) is 23.7 Å². The third-order valence-electron chi connectivity index (χ3n) is 5.87. The van der Waals surface area contributed by atoms with Gasteiger partial charge in [-0.15, -0.1) is 0 Å². The first-order valence-electron chi connectivity index (χ1n) is 13.7. The first kappa shape index (κ1) is 30.9. The summed E-state index contributed by atoms with van der Waals surface area (Å²) >= 11 is 0. The maximum absolute atomic E-state index is 12.9. The molecule has 0 aliphatic carbocycles. The van der Waals surface area contributed by atoms with Crippen LogP contribution in [0.1, 0.15) is 72.7 Å².